The molecule has 0 saturated heterocycles. The summed E-state index contributed by atoms with van der Waals surface area (Å²) in [7, 11) is 0. The van der Waals surface area contributed by atoms with Gasteiger partial charge in [0.2, 0.25) is 0 Å². The van der Waals surface area contributed by atoms with E-state index >= 15 is 0 Å². The van der Waals surface area contributed by atoms with Gasteiger partial charge in [-0.05, 0) is 42.5 Å². The fraction of sp³-hybridized carbons (Fsp3) is 0. The first kappa shape index (κ1) is 15.0. The van der Waals surface area contributed by atoms with Crippen LogP contribution in [0.1, 0.15) is 10.5 Å². The highest BCUT2D eigenvalue weighted by Gasteiger charge is 2.16. The van der Waals surface area contributed by atoms with Gasteiger partial charge < -0.3 is 9.52 Å². The molecule has 0 aliphatic rings. The van der Waals surface area contributed by atoms with Crippen molar-refractivity contribution in [2.75, 3.05) is 0 Å². The first-order chi connectivity index (χ1) is 12.2. The summed E-state index contributed by atoms with van der Waals surface area (Å²) >= 11 is 0. The van der Waals surface area contributed by atoms with Gasteiger partial charge in [-0.15, -0.1) is 0 Å². The highest BCUT2D eigenvalue weighted by molar-refractivity contribution is 5.87. The predicted octanol–water partition coefficient (Wildman–Crippen LogP) is 4.50. The van der Waals surface area contributed by atoms with Crippen LogP contribution in [-0.2, 0) is 0 Å². The molecule has 2 aromatic heterocycles. The average Bonchev–Trinajstić information content (AvgIpc) is 3.33. The van der Waals surface area contributed by atoms with E-state index in [1.165, 1.54) is 0 Å². The third kappa shape index (κ3) is 2.83. The molecule has 0 radical (unpaired) electrons. The second kappa shape index (κ2) is 6.13. The minimum Gasteiger partial charge on any atom is -0.476 e. The van der Waals surface area contributed by atoms with Crippen molar-refractivity contribution in [3.63, 3.8) is 0 Å². The molecule has 2 aromatic carbocycles. The van der Waals surface area contributed by atoms with E-state index in [-0.39, 0.29) is 5.69 Å². The summed E-state index contributed by atoms with van der Waals surface area (Å²) in [6, 6.07) is 22.5. The molecule has 1 N–H and O–H groups in total. The molecule has 0 aliphatic carbocycles. The fourth-order valence-electron chi connectivity index (χ4n) is 2.71. The number of carboxylic acid groups (broad SMARTS) is 1. The van der Waals surface area contributed by atoms with Gasteiger partial charge in [0, 0.05) is 11.1 Å². The topological polar surface area (TPSA) is 68.3 Å². The molecule has 5 nitrogen and oxygen atoms in total. The normalized spacial score (nSPS) is 10.7. The van der Waals surface area contributed by atoms with E-state index in [1.807, 2.05) is 66.7 Å². The van der Waals surface area contributed by atoms with Crippen molar-refractivity contribution < 1.29 is 14.3 Å². The number of furan rings is 1. The van der Waals surface area contributed by atoms with Gasteiger partial charge in [0.05, 0.1) is 17.6 Å². The van der Waals surface area contributed by atoms with Gasteiger partial charge in [0.25, 0.3) is 0 Å². The molecule has 0 atom stereocenters. The van der Waals surface area contributed by atoms with Crippen LogP contribution in [0.15, 0.2) is 83.5 Å². The number of carbonyl (C=O) groups is 1. The number of hydrogen-bond donors (Lipinski definition) is 1. The van der Waals surface area contributed by atoms with Crippen LogP contribution in [0.4, 0.5) is 0 Å². The van der Waals surface area contributed by atoms with Gasteiger partial charge >= 0.3 is 5.97 Å². The summed E-state index contributed by atoms with van der Waals surface area (Å²) in [6.07, 6.45) is 1.63. The molecule has 0 fully saturated rings. The number of aromatic carboxylic acids is 1. The smallest absolute Gasteiger partial charge is 0.356 e. The van der Waals surface area contributed by atoms with Crippen molar-refractivity contribution >= 4 is 5.97 Å². The molecule has 0 unspecified atom stereocenters. The molecule has 0 aliphatic heterocycles. The van der Waals surface area contributed by atoms with E-state index in [1.54, 1.807) is 17.0 Å². The second-order valence-electron chi connectivity index (χ2n) is 5.52. The number of aromatic nitrogens is 2. The number of rotatable bonds is 4. The molecule has 122 valence electrons. The Morgan fingerprint density at radius 1 is 0.920 bits per heavy atom. The van der Waals surface area contributed by atoms with E-state index in [4.69, 9.17) is 4.42 Å². The average molecular weight is 330 g/mol. The van der Waals surface area contributed by atoms with Crippen molar-refractivity contribution in [3.05, 3.63) is 84.8 Å². The largest absolute Gasteiger partial charge is 0.476 e. The van der Waals surface area contributed by atoms with Gasteiger partial charge in [-0.3, -0.25) is 0 Å². The second-order valence-corrected chi connectivity index (χ2v) is 5.52. The molecule has 25 heavy (non-hydrogen) atoms. The number of nitrogens with zero attached hydrogens (tertiary/aromatic N) is 2. The summed E-state index contributed by atoms with van der Waals surface area (Å²) < 4.78 is 7.04. The Hall–Kier alpha value is -3.60. The number of hydrogen-bond acceptors (Lipinski definition) is 3. The van der Waals surface area contributed by atoms with Crippen LogP contribution >= 0.6 is 0 Å². The zero-order valence-electron chi connectivity index (χ0n) is 13.2. The summed E-state index contributed by atoms with van der Waals surface area (Å²) in [6.45, 7) is 0. The fourth-order valence-corrected chi connectivity index (χ4v) is 2.71. The number of benzene rings is 2. The van der Waals surface area contributed by atoms with E-state index < -0.39 is 5.97 Å². The zero-order valence-corrected chi connectivity index (χ0v) is 13.2. The first-order valence-corrected chi connectivity index (χ1v) is 7.75. The lowest BCUT2D eigenvalue weighted by molar-refractivity contribution is 0.0690. The summed E-state index contributed by atoms with van der Waals surface area (Å²) in [5, 5.41) is 13.5. The molecule has 4 aromatic rings. The minimum absolute atomic E-state index is 0.00830. The van der Waals surface area contributed by atoms with Crippen LogP contribution < -0.4 is 0 Å². The van der Waals surface area contributed by atoms with E-state index in [0.29, 0.717) is 0 Å². The Morgan fingerprint density at radius 2 is 1.68 bits per heavy atom. The van der Waals surface area contributed by atoms with Crippen LogP contribution in [0.2, 0.25) is 0 Å². The molecule has 5 heteroatoms. The zero-order chi connectivity index (χ0) is 17.2. The maximum Gasteiger partial charge on any atom is 0.356 e. The lowest BCUT2D eigenvalue weighted by atomic mass is 10.1. The third-order valence-electron chi connectivity index (χ3n) is 3.92. The van der Waals surface area contributed by atoms with Gasteiger partial charge in [-0.2, -0.15) is 5.10 Å². The van der Waals surface area contributed by atoms with E-state index in [9.17, 15) is 9.90 Å². The Balaban J connectivity index is 1.80. The van der Waals surface area contributed by atoms with Crippen molar-refractivity contribution in [1.82, 2.24) is 9.78 Å². The van der Waals surface area contributed by atoms with E-state index in [0.717, 1.165) is 28.3 Å². The SMILES string of the molecule is O=C(O)c1cc(-c2ccccc2)n(-c2ccc(-c3ccco3)cc2)n1. The van der Waals surface area contributed by atoms with E-state index in [2.05, 4.69) is 5.10 Å². The van der Waals surface area contributed by atoms with Crippen molar-refractivity contribution in [1.29, 1.82) is 0 Å². The van der Waals surface area contributed by atoms with Crippen molar-refractivity contribution in [2.24, 2.45) is 0 Å². The molecular weight excluding hydrogens is 316 g/mol. The molecule has 2 heterocycles. The Bertz CT molecular complexity index is 1000. The Labute approximate surface area is 143 Å². The summed E-state index contributed by atoms with van der Waals surface area (Å²) in [5.41, 5.74) is 3.36. The standard InChI is InChI=1S/C20H14N2O3/c23-20(24)17-13-18(14-5-2-1-3-6-14)22(21-17)16-10-8-15(9-11-16)19-7-4-12-25-19/h1-13H,(H,23,24). The van der Waals surface area contributed by atoms with Crippen LogP contribution in [0.25, 0.3) is 28.3 Å². The van der Waals surface area contributed by atoms with Gasteiger partial charge in [-0.25, -0.2) is 9.48 Å². The predicted molar refractivity (Wildman–Crippen MR) is 93.7 cm³/mol. The molecule has 0 amide bonds. The molecule has 0 bridgehead atoms. The summed E-state index contributed by atoms with van der Waals surface area (Å²) in [4.78, 5) is 11.4. The van der Waals surface area contributed by atoms with Crippen LogP contribution in [-0.4, -0.2) is 20.9 Å². The van der Waals surface area contributed by atoms with Crippen molar-refractivity contribution in [3.8, 4) is 28.3 Å². The highest BCUT2D eigenvalue weighted by atomic mass is 16.4. The minimum atomic E-state index is -1.05. The monoisotopic (exact) mass is 330 g/mol. The lowest BCUT2D eigenvalue weighted by Crippen LogP contribution is -2.02. The van der Waals surface area contributed by atoms with Gasteiger partial charge in [0.15, 0.2) is 5.69 Å². The number of carboxylic acids is 1. The Morgan fingerprint density at radius 3 is 2.32 bits per heavy atom. The third-order valence-corrected chi connectivity index (χ3v) is 3.92. The molecular formula is C20H14N2O3. The maximum atomic E-state index is 11.4. The Kier molecular flexibility index (Phi) is 3.67. The van der Waals surface area contributed by atoms with Gasteiger partial charge in [-0.1, -0.05) is 30.3 Å². The molecule has 4 rings (SSSR count). The molecule has 0 saturated carbocycles. The highest BCUT2D eigenvalue weighted by Crippen LogP contribution is 2.26. The quantitative estimate of drug-likeness (QED) is 0.598. The van der Waals surface area contributed by atoms with Crippen LogP contribution in [0.3, 0.4) is 0 Å². The van der Waals surface area contributed by atoms with Crippen LogP contribution in [0.5, 0.6) is 0 Å². The van der Waals surface area contributed by atoms with Crippen LogP contribution in [0, 0.1) is 0 Å². The first-order valence-electron chi connectivity index (χ1n) is 7.75. The lowest BCUT2D eigenvalue weighted by Gasteiger charge is -2.08. The summed E-state index contributed by atoms with van der Waals surface area (Å²) in [5.74, 6) is -0.273. The maximum absolute atomic E-state index is 11.4. The molecule has 0 spiro atoms. The van der Waals surface area contributed by atoms with Crippen molar-refractivity contribution in [2.45, 2.75) is 0 Å². The van der Waals surface area contributed by atoms with Gasteiger partial charge in [0.1, 0.15) is 5.76 Å².